The van der Waals surface area contributed by atoms with Crippen LogP contribution in [0.3, 0.4) is 0 Å². The zero-order valence-corrected chi connectivity index (χ0v) is 14.4. The summed E-state index contributed by atoms with van der Waals surface area (Å²) in [5.74, 6) is -2.27. The number of thiazole rings is 1. The third kappa shape index (κ3) is 5.37. The Balaban J connectivity index is 2.68. The lowest BCUT2D eigenvalue weighted by atomic mass is 10.2. The number of aryl methyl sites for hydroxylation is 2. The van der Waals surface area contributed by atoms with Crippen molar-refractivity contribution in [3.05, 3.63) is 15.6 Å². The van der Waals surface area contributed by atoms with Gasteiger partial charge in [0.25, 0.3) is 0 Å². The number of aromatic nitrogens is 1. The SMILES string of the molecule is CCc1nc(C)c(C(C)N(C)CCS(=O)(=O)CC(=O)O)s1. The first-order valence-electron chi connectivity index (χ1n) is 6.75. The van der Waals surface area contributed by atoms with E-state index in [4.69, 9.17) is 5.11 Å². The van der Waals surface area contributed by atoms with Crippen LogP contribution in [0.25, 0.3) is 0 Å². The molecule has 1 aromatic rings. The molecule has 1 aromatic heterocycles. The molecule has 1 atom stereocenters. The monoisotopic (exact) mass is 334 g/mol. The molecule has 0 fully saturated rings. The van der Waals surface area contributed by atoms with Crippen LogP contribution in [-0.4, -0.2) is 54.5 Å². The van der Waals surface area contributed by atoms with Crippen LogP contribution in [0.15, 0.2) is 0 Å². The molecule has 0 radical (unpaired) electrons. The zero-order valence-electron chi connectivity index (χ0n) is 12.8. The fraction of sp³-hybridized carbons (Fsp3) is 0.692. The molecule has 8 heteroatoms. The van der Waals surface area contributed by atoms with Gasteiger partial charge < -0.3 is 5.11 Å². The number of rotatable bonds is 8. The summed E-state index contributed by atoms with van der Waals surface area (Å²) in [6, 6.07) is 0.0582. The fourth-order valence-corrected chi connectivity index (χ4v) is 4.15. The van der Waals surface area contributed by atoms with Gasteiger partial charge in [0, 0.05) is 17.5 Å². The summed E-state index contributed by atoms with van der Waals surface area (Å²) in [6.45, 7) is 6.31. The summed E-state index contributed by atoms with van der Waals surface area (Å²) >= 11 is 1.64. The summed E-state index contributed by atoms with van der Waals surface area (Å²) in [5, 5.41) is 9.64. The van der Waals surface area contributed by atoms with Crippen molar-refractivity contribution in [2.45, 2.75) is 33.2 Å². The van der Waals surface area contributed by atoms with Crippen molar-refractivity contribution in [3.63, 3.8) is 0 Å². The van der Waals surface area contributed by atoms with E-state index in [1.54, 1.807) is 11.3 Å². The van der Waals surface area contributed by atoms with Gasteiger partial charge in [0.05, 0.1) is 16.5 Å². The van der Waals surface area contributed by atoms with Crippen molar-refractivity contribution < 1.29 is 18.3 Å². The zero-order chi connectivity index (χ0) is 16.2. The summed E-state index contributed by atoms with van der Waals surface area (Å²) in [7, 11) is -1.72. The highest BCUT2D eigenvalue weighted by Crippen LogP contribution is 2.28. The standard InChI is InChI=1S/C13H22N2O4S2/c1-5-11-14-9(2)13(20-11)10(3)15(4)6-7-21(18,19)8-12(16)17/h10H,5-8H2,1-4H3,(H,16,17). The van der Waals surface area contributed by atoms with Crippen LogP contribution < -0.4 is 0 Å². The average molecular weight is 334 g/mol. The molecule has 0 spiro atoms. The first-order chi connectivity index (χ1) is 9.66. The van der Waals surface area contributed by atoms with E-state index >= 15 is 0 Å². The Morgan fingerprint density at radius 1 is 1.48 bits per heavy atom. The predicted molar refractivity (Wildman–Crippen MR) is 83.6 cm³/mol. The molecule has 21 heavy (non-hydrogen) atoms. The van der Waals surface area contributed by atoms with E-state index in [0.29, 0.717) is 6.54 Å². The van der Waals surface area contributed by atoms with Crippen LogP contribution in [0.5, 0.6) is 0 Å². The number of carboxylic acids is 1. The van der Waals surface area contributed by atoms with E-state index in [1.165, 1.54) is 0 Å². The third-order valence-electron chi connectivity index (χ3n) is 3.32. The van der Waals surface area contributed by atoms with Crippen molar-refractivity contribution in [2.75, 3.05) is 25.1 Å². The largest absolute Gasteiger partial charge is 0.480 e. The number of nitrogens with zero attached hydrogens (tertiary/aromatic N) is 2. The molecule has 6 nitrogen and oxygen atoms in total. The number of sulfone groups is 1. The molecule has 1 heterocycles. The van der Waals surface area contributed by atoms with Crippen LogP contribution in [0, 0.1) is 6.92 Å². The molecule has 0 aliphatic rings. The molecule has 0 aliphatic heterocycles. The van der Waals surface area contributed by atoms with Crippen LogP contribution in [0.4, 0.5) is 0 Å². The summed E-state index contributed by atoms with van der Waals surface area (Å²) in [5.41, 5.74) is 0.976. The molecule has 0 saturated carbocycles. The van der Waals surface area contributed by atoms with Gasteiger partial charge in [0.15, 0.2) is 9.84 Å². The maximum atomic E-state index is 11.6. The minimum atomic E-state index is -3.55. The molecule has 0 aromatic carbocycles. The van der Waals surface area contributed by atoms with E-state index in [9.17, 15) is 13.2 Å². The van der Waals surface area contributed by atoms with Gasteiger partial charge in [-0.2, -0.15) is 0 Å². The van der Waals surface area contributed by atoms with Crippen molar-refractivity contribution >= 4 is 27.1 Å². The van der Waals surface area contributed by atoms with E-state index in [1.807, 2.05) is 25.8 Å². The highest BCUT2D eigenvalue weighted by molar-refractivity contribution is 7.92. The highest BCUT2D eigenvalue weighted by atomic mass is 32.2. The number of hydrogen-bond donors (Lipinski definition) is 1. The molecule has 1 unspecified atom stereocenters. The average Bonchev–Trinajstić information content (AvgIpc) is 2.75. The Hall–Kier alpha value is -0.990. The van der Waals surface area contributed by atoms with E-state index in [0.717, 1.165) is 22.0 Å². The normalized spacial score (nSPS) is 13.6. The molecule has 0 amide bonds. The number of carbonyl (C=O) groups is 1. The van der Waals surface area contributed by atoms with Crippen molar-refractivity contribution in [1.82, 2.24) is 9.88 Å². The second-order valence-corrected chi connectivity index (χ2v) is 8.35. The molecule has 1 N–H and O–H groups in total. The van der Waals surface area contributed by atoms with Crippen LogP contribution in [0.1, 0.15) is 35.5 Å². The Kier molecular flexibility index (Phi) is 6.30. The Labute approximate surface area is 129 Å². The maximum Gasteiger partial charge on any atom is 0.318 e. The molecule has 0 saturated heterocycles. The summed E-state index contributed by atoms with van der Waals surface area (Å²) < 4.78 is 23.2. The smallest absolute Gasteiger partial charge is 0.318 e. The molecule has 0 bridgehead atoms. The number of carboxylic acid groups (broad SMARTS) is 1. The minimum absolute atomic E-state index is 0.0582. The lowest BCUT2D eigenvalue weighted by Crippen LogP contribution is -2.30. The van der Waals surface area contributed by atoms with Gasteiger partial charge in [-0.1, -0.05) is 6.92 Å². The predicted octanol–water partition coefficient (Wildman–Crippen LogP) is 1.51. The van der Waals surface area contributed by atoms with Crippen molar-refractivity contribution in [2.24, 2.45) is 0 Å². The van der Waals surface area contributed by atoms with Gasteiger partial charge in [-0.25, -0.2) is 13.4 Å². The topological polar surface area (TPSA) is 87.6 Å². The second kappa shape index (κ2) is 7.33. The molecule has 1 rings (SSSR count). The van der Waals surface area contributed by atoms with Crippen LogP contribution in [0.2, 0.25) is 0 Å². The molecular weight excluding hydrogens is 312 g/mol. The Bertz CT molecular complexity index is 595. The summed E-state index contributed by atoms with van der Waals surface area (Å²) in [4.78, 5) is 18.0. The fourth-order valence-electron chi connectivity index (χ4n) is 1.94. The van der Waals surface area contributed by atoms with E-state index in [-0.39, 0.29) is 11.8 Å². The second-order valence-electron chi connectivity index (χ2n) is 5.05. The lowest BCUT2D eigenvalue weighted by Gasteiger charge is -2.23. The number of aliphatic carboxylic acids is 1. The highest BCUT2D eigenvalue weighted by Gasteiger charge is 2.21. The quantitative estimate of drug-likeness (QED) is 0.775. The Morgan fingerprint density at radius 3 is 2.57 bits per heavy atom. The van der Waals surface area contributed by atoms with Gasteiger partial charge in [-0.15, -0.1) is 11.3 Å². The third-order valence-corrected chi connectivity index (χ3v) is 6.28. The molecule has 0 aliphatic carbocycles. The van der Waals surface area contributed by atoms with Gasteiger partial charge in [-0.05, 0) is 27.3 Å². The van der Waals surface area contributed by atoms with Gasteiger partial charge in [0.2, 0.25) is 0 Å². The Morgan fingerprint density at radius 2 is 2.10 bits per heavy atom. The van der Waals surface area contributed by atoms with E-state index in [2.05, 4.69) is 11.9 Å². The number of hydrogen-bond acceptors (Lipinski definition) is 6. The van der Waals surface area contributed by atoms with Gasteiger partial charge in [-0.3, -0.25) is 9.69 Å². The maximum absolute atomic E-state index is 11.6. The minimum Gasteiger partial charge on any atom is -0.480 e. The summed E-state index contributed by atoms with van der Waals surface area (Å²) in [6.07, 6.45) is 0.884. The van der Waals surface area contributed by atoms with Crippen molar-refractivity contribution in [1.29, 1.82) is 0 Å². The van der Waals surface area contributed by atoms with Crippen LogP contribution in [-0.2, 0) is 21.1 Å². The first-order valence-corrected chi connectivity index (χ1v) is 9.38. The molecule has 120 valence electrons. The molecular formula is C13H22N2O4S2. The van der Waals surface area contributed by atoms with Crippen LogP contribution >= 0.6 is 11.3 Å². The lowest BCUT2D eigenvalue weighted by molar-refractivity contribution is -0.134. The van der Waals surface area contributed by atoms with Gasteiger partial charge >= 0.3 is 5.97 Å². The van der Waals surface area contributed by atoms with Gasteiger partial charge in [0.1, 0.15) is 5.75 Å². The van der Waals surface area contributed by atoms with Crippen molar-refractivity contribution in [3.8, 4) is 0 Å². The first kappa shape index (κ1) is 18.1. The van der Waals surface area contributed by atoms with E-state index < -0.39 is 21.6 Å².